The highest BCUT2D eigenvalue weighted by Gasteiger charge is 2.04. The Morgan fingerprint density at radius 2 is 2.11 bits per heavy atom. The molecular weight excluding hydrogens is 228 g/mol. The van der Waals surface area contributed by atoms with Gasteiger partial charge in [-0.2, -0.15) is 0 Å². The molecular formula is C14H16N2O2. The fourth-order valence-corrected chi connectivity index (χ4v) is 1.67. The van der Waals surface area contributed by atoms with Gasteiger partial charge in [-0.05, 0) is 24.1 Å². The third kappa shape index (κ3) is 2.99. The maximum atomic E-state index is 9.02. The fourth-order valence-electron chi connectivity index (χ4n) is 1.67. The van der Waals surface area contributed by atoms with E-state index in [0.29, 0.717) is 6.42 Å². The van der Waals surface area contributed by atoms with Crippen molar-refractivity contribution in [1.82, 2.24) is 4.98 Å². The lowest BCUT2D eigenvalue weighted by Gasteiger charge is -2.10. The summed E-state index contributed by atoms with van der Waals surface area (Å²) in [6.45, 7) is 0.110. The largest absolute Gasteiger partial charge is 0.457 e. The van der Waals surface area contributed by atoms with Gasteiger partial charge in [0.2, 0.25) is 0 Å². The molecule has 1 heterocycles. The van der Waals surface area contributed by atoms with Gasteiger partial charge in [0.1, 0.15) is 17.3 Å². The summed E-state index contributed by atoms with van der Waals surface area (Å²) in [4.78, 5) is 4.13. The molecule has 0 spiro atoms. The Balaban J connectivity index is 2.22. The van der Waals surface area contributed by atoms with E-state index in [1.807, 2.05) is 37.4 Å². The lowest BCUT2D eigenvalue weighted by molar-refractivity contribution is 0.298. The molecule has 2 rings (SSSR count). The van der Waals surface area contributed by atoms with E-state index < -0.39 is 0 Å². The van der Waals surface area contributed by atoms with E-state index in [-0.39, 0.29) is 6.61 Å². The van der Waals surface area contributed by atoms with E-state index >= 15 is 0 Å². The molecule has 1 aromatic heterocycles. The third-order valence-corrected chi connectivity index (χ3v) is 2.57. The number of pyridine rings is 1. The van der Waals surface area contributed by atoms with Crippen LogP contribution in [-0.2, 0) is 6.42 Å². The van der Waals surface area contributed by atoms with E-state index in [1.54, 1.807) is 12.3 Å². The summed E-state index contributed by atoms with van der Waals surface area (Å²) in [6.07, 6.45) is 2.27. The van der Waals surface area contributed by atoms with Crippen molar-refractivity contribution in [1.29, 1.82) is 0 Å². The highest BCUT2D eigenvalue weighted by molar-refractivity contribution is 5.43. The third-order valence-electron chi connectivity index (χ3n) is 2.57. The number of aromatic nitrogens is 1. The molecule has 18 heavy (non-hydrogen) atoms. The van der Waals surface area contributed by atoms with Crippen molar-refractivity contribution in [2.45, 2.75) is 6.42 Å². The molecule has 2 N–H and O–H groups in total. The molecule has 0 atom stereocenters. The summed E-state index contributed by atoms with van der Waals surface area (Å²) in [5.41, 5.74) is 0.989. The Hall–Kier alpha value is -2.07. The molecule has 2 aromatic rings. The van der Waals surface area contributed by atoms with Crippen molar-refractivity contribution in [3.05, 3.63) is 48.2 Å². The summed E-state index contributed by atoms with van der Waals surface area (Å²) in [5, 5.41) is 12.0. The SMILES string of the molecule is CNc1cc(Oc2ccccc2CCO)ccn1. The smallest absolute Gasteiger partial charge is 0.132 e. The van der Waals surface area contributed by atoms with Gasteiger partial charge >= 0.3 is 0 Å². The number of anilines is 1. The van der Waals surface area contributed by atoms with Gasteiger partial charge in [-0.3, -0.25) is 0 Å². The lowest BCUT2D eigenvalue weighted by atomic mass is 10.1. The molecule has 0 saturated carbocycles. The second-order valence-corrected chi connectivity index (χ2v) is 3.81. The van der Waals surface area contributed by atoms with Crippen LogP contribution in [-0.4, -0.2) is 23.7 Å². The van der Waals surface area contributed by atoms with Gasteiger partial charge in [0.25, 0.3) is 0 Å². The molecule has 0 saturated heterocycles. The first-order valence-electron chi connectivity index (χ1n) is 5.84. The van der Waals surface area contributed by atoms with Gasteiger partial charge in [0, 0.05) is 25.9 Å². The molecule has 0 aliphatic heterocycles. The molecule has 0 aliphatic carbocycles. The fraction of sp³-hybridized carbons (Fsp3) is 0.214. The van der Waals surface area contributed by atoms with Crippen LogP contribution in [0.1, 0.15) is 5.56 Å². The van der Waals surface area contributed by atoms with Gasteiger partial charge in [-0.15, -0.1) is 0 Å². The van der Waals surface area contributed by atoms with E-state index in [0.717, 1.165) is 22.9 Å². The number of aliphatic hydroxyl groups excluding tert-OH is 1. The van der Waals surface area contributed by atoms with E-state index in [9.17, 15) is 0 Å². The molecule has 0 radical (unpaired) electrons. The van der Waals surface area contributed by atoms with Gasteiger partial charge in [0.05, 0.1) is 0 Å². The van der Waals surface area contributed by atoms with Crippen LogP contribution in [0.15, 0.2) is 42.6 Å². The highest BCUT2D eigenvalue weighted by Crippen LogP contribution is 2.26. The Bertz CT molecular complexity index is 515. The van der Waals surface area contributed by atoms with Crippen LogP contribution in [0.3, 0.4) is 0 Å². The maximum absolute atomic E-state index is 9.02. The summed E-state index contributed by atoms with van der Waals surface area (Å²) in [6, 6.07) is 11.3. The Morgan fingerprint density at radius 3 is 2.89 bits per heavy atom. The number of aliphatic hydroxyl groups is 1. The molecule has 1 aromatic carbocycles. The number of para-hydroxylation sites is 1. The summed E-state index contributed by atoms with van der Waals surface area (Å²) >= 11 is 0. The maximum Gasteiger partial charge on any atom is 0.132 e. The molecule has 94 valence electrons. The molecule has 0 unspecified atom stereocenters. The first-order valence-corrected chi connectivity index (χ1v) is 5.84. The number of nitrogens with one attached hydrogen (secondary N) is 1. The standard InChI is InChI=1S/C14H16N2O2/c1-15-14-10-12(6-8-16-14)18-13-5-3-2-4-11(13)7-9-17/h2-6,8,10,17H,7,9H2,1H3,(H,15,16). The van der Waals surface area contributed by atoms with Crippen molar-refractivity contribution < 1.29 is 9.84 Å². The van der Waals surface area contributed by atoms with Gasteiger partial charge in [0.15, 0.2) is 0 Å². The molecule has 0 aliphatic rings. The first kappa shape index (κ1) is 12.4. The van der Waals surface area contributed by atoms with Crippen LogP contribution in [0, 0.1) is 0 Å². The van der Waals surface area contributed by atoms with E-state index in [2.05, 4.69) is 10.3 Å². The van der Waals surface area contributed by atoms with Crippen molar-refractivity contribution in [2.24, 2.45) is 0 Å². The molecule has 0 fully saturated rings. The number of nitrogens with zero attached hydrogens (tertiary/aromatic N) is 1. The number of benzene rings is 1. The Morgan fingerprint density at radius 1 is 1.28 bits per heavy atom. The summed E-state index contributed by atoms with van der Waals surface area (Å²) in [5.74, 6) is 2.24. The molecule has 0 bridgehead atoms. The van der Waals surface area contributed by atoms with E-state index in [1.165, 1.54) is 0 Å². The average molecular weight is 244 g/mol. The number of ether oxygens (including phenoxy) is 1. The number of hydrogen-bond donors (Lipinski definition) is 2. The first-order chi connectivity index (χ1) is 8.83. The second kappa shape index (κ2) is 6.02. The van der Waals surface area contributed by atoms with Crippen molar-refractivity contribution >= 4 is 5.82 Å². The predicted molar refractivity (Wildman–Crippen MR) is 71.1 cm³/mol. The van der Waals surface area contributed by atoms with Crippen molar-refractivity contribution in [3.8, 4) is 11.5 Å². The Labute approximate surface area is 106 Å². The highest BCUT2D eigenvalue weighted by atomic mass is 16.5. The zero-order valence-corrected chi connectivity index (χ0v) is 10.3. The molecule has 4 heteroatoms. The Kier molecular flexibility index (Phi) is 4.15. The van der Waals surface area contributed by atoms with Crippen LogP contribution in [0.4, 0.5) is 5.82 Å². The van der Waals surface area contributed by atoms with Crippen LogP contribution >= 0.6 is 0 Å². The topological polar surface area (TPSA) is 54.4 Å². The minimum Gasteiger partial charge on any atom is -0.457 e. The quantitative estimate of drug-likeness (QED) is 0.848. The summed E-state index contributed by atoms with van der Waals surface area (Å²) < 4.78 is 5.81. The monoisotopic (exact) mass is 244 g/mol. The van der Waals surface area contributed by atoms with Gasteiger partial charge in [-0.1, -0.05) is 18.2 Å². The summed E-state index contributed by atoms with van der Waals surface area (Å²) in [7, 11) is 1.81. The minimum absolute atomic E-state index is 0.110. The average Bonchev–Trinajstić information content (AvgIpc) is 2.41. The van der Waals surface area contributed by atoms with Crippen LogP contribution in [0.2, 0.25) is 0 Å². The number of hydrogen-bond acceptors (Lipinski definition) is 4. The second-order valence-electron chi connectivity index (χ2n) is 3.81. The van der Waals surface area contributed by atoms with Crippen LogP contribution < -0.4 is 10.1 Å². The van der Waals surface area contributed by atoms with Crippen LogP contribution in [0.25, 0.3) is 0 Å². The van der Waals surface area contributed by atoms with Crippen molar-refractivity contribution in [3.63, 3.8) is 0 Å². The lowest BCUT2D eigenvalue weighted by Crippen LogP contribution is -1.96. The van der Waals surface area contributed by atoms with Crippen LogP contribution in [0.5, 0.6) is 11.5 Å². The predicted octanol–water partition coefficient (Wildman–Crippen LogP) is 2.45. The van der Waals surface area contributed by atoms with E-state index in [4.69, 9.17) is 9.84 Å². The zero-order chi connectivity index (χ0) is 12.8. The van der Waals surface area contributed by atoms with Crippen molar-refractivity contribution in [2.75, 3.05) is 19.0 Å². The minimum atomic E-state index is 0.110. The van der Waals surface area contributed by atoms with Gasteiger partial charge < -0.3 is 15.2 Å². The molecule has 4 nitrogen and oxygen atoms in total. The normalized spacial score (nSPS) is 10.1. The molecule has 0 amide bonds. The van der Waals surface area contributed by atoms with Gasteiger partial charge in [-0.25, -0.2) is 4.98 Å². The number of rotatable bonds is 5. The zero-order valence-electron chi connectivity index (χ0n) is 10.3.